The monoisotopic (exact) mass is 522 g/mol. The van der Waals surface area contributed by atoms with Gasteiger partial charge < -0.3 is 15.2 Å². The van der Waals surface area contributed by atoms with E-state index in [0.29, 0.717) is 34.3 Å². The highest BCUT2D eigenvalue weighted by Gasteiger charge is 2.26. The Morgan fingerprint density at radius 3 is 2.59 bits per heavy atom. The highest BCUT2D eigenvalue weighted by atomic mass is 32.2. The highest BCUT2D eigenvalue weighted by Crippen LogP contribution is 2.27. The summed E-state index contributed by atoms with van der Waals surface area (Å²) in [7, 11) is 0. The average Bonchev–Trinajstić information content (AvgIpc) is 3.24. The number of non-ortho nitro benzene ring substituents is 1. The molecule has 37 heavy (non-hydrogen) atoms. The molecule has 0 unspecified atom stereocenters. The van der Waals surface area contributed by atoms with Gasteiger partial charge in [-0.25, -0.2) is 0 Å². The van der Waals surface area contributed by atoms with Crippen molar-refractivity contribution < 1.29 is 14.5 Å². The maximum atomic E-state index is 13.0. The summed E-state index contributed by atoms with van der Waals surface area (Å²) in [5.41, 5.74) is 2.54. The fourth-order valence-corrected chi connectivity index (χ4v) is 4.41. The van der Waals surface area contributed by atoms with Gasteiger partial charge in [-0.05, 0) is 37.5 Å². The number of carbonyl (C=O) groups excluding carboxylic acids is 2. The molecule has 0 aliphatic carbocycles. The van der Waals surface area contributed by atoms with Gasteiger partial charge in [-0.2, -0.15) is 0 Å². The number of anilines is 1. The SMILES string of the molecule is C=CCn1c(SCC(=O)Nc2cc([N+](=O)[O-])ccc2C)nnc1[C@H](NC(=O)c1cccc(C)c1)C(C)C. The number of aryl methyl sites for hydroxylation is 2. The van der Waals surface area contributed by atoms with Gasteiger partial charge in [-0.15, -0.1) is 16.8 Å². The van der Waals surface area contributed by atoms with Crippen LogP contribution in [-0.4, -0.2) is 37.3 Å². The minimum Gasteiger partial charge on any atom is -0.342 e. The third-order valence-electron chi connectivity index (χ3n) is 5.61. The molecule has 194 valence electrons. The van der Waals surface area contributed by atoms with Crippen LogP contribution in [0.5, 0.6) is 0 Å². The number of amides is 2. The van der Waals surface area contributed by atoms with Gasteiger partial charge in [0, 0.05) is 24.2 Å². The summed E-state index contributed by atoms with van der Waals surface area (Å²) < 4.78 is 1.82. The number of carbonyl (C=O) groups is 2. The second-order valence-corrected chi connectivity index (χ2v) is 9.84. The third-order valence-corrected chi connectivity index (χ3v) is 6.57. The normalized spacial score (nSPS) is 11.7. The van der Waals surface area contributed by atoms with Crippen molar-refractivity contribution in [3.8, 4) is 0 Å². The van der Waals surface area contributed by atoms with Gasteiger partial charge in [0.05, 0.1) is 22.4 Å². The van der Waals surface area contributed by atoms with Crippen LogP contribution in [0, 0.1) is 29.9 Å². The summed E-state index contributed by atoms with van der Waals surface area (Å²) in [5.74, 6) is 0.0418. The predicted molar refractivity (Wildman–Crippen MR) is 144 cm³/mol. The first-order valence-corrected chi connectivity index (χ1v) is 12.7. The number of benzene rings is 2. The van der Waals surface area contributed by atoms with Crippen LogP contribution in [0.3, 0.4) is 0 Å². The number of thioether (sulfide) groups is 1. The van der Waals surface area contributed by atoms with Gasteiger partial charge in [0.15, 0.2) is 11.0 Å². The van der Waals surface area contributed by atoms with Crippen molar-refractivity contribution in [1.29, 1.82) is 0 Å². The zero-order chi connectivity index (χ0) is 27.1. The van der Waals surface area contributed by atoms with Gasteiger partial charge in [-0.3, -0.25) is 19.7 Å². The van der Waals surface area contributed by atoms with Crippen LogP contribution in [0.4, 0.5) is 11.4 Å². The summed E-state index contributed by atoms with van der Waals surface area (Å²) in [5, 5.41) is 26.0. The predicted octanol–water partition coefficient (Wildman–Crippen LogP) is 4.85. The number of nitro groups is 1. The molecule has 11 heteroatoms. The van der Waals surface area contributed by atoms with E-state index in [1.807, 2.05) is 43.5 Å². The minimum absolute atomic E-state index is 0.0133. The molecule has 1 atom stereocenters. The molecule has 0 aliphatic heterocycles. The number of hydrogen-bond acceptors (Lipinski definition) is 7. The summed E-state index contributed by atoms with van der Waals surface area (Å²) >= 11 is 1.18. The summed E-state index contributed by atoms with van der Waals surface area (Å²) in [6, 6.07) is 11.2. The number of hydrogen-bond donors (Lipinski definition) is 2. The Morgan fingerprint density at radius 1 is 1.19 bits per heavy atom. The van der Waals surface area contributed by atoms with E-state index in [0.717, 1.165) is 5.56 Å². The molecule has 3 rings (SSSR count). The number of nitrogens with zero attached hydrogens (tertiary/aromatic N) is 4. The molecular weight excluding hydrogens is 492 g/mol. The molecule has 2 N–H and O–H groups in total. The Morgan fingerprint density at radius 2 is 1.95 bits per heavy atom. The average molecular weight is 523 g/mol. The molecule has 2 aromatic carbocycles. The maximum Gasteiger partial charge on any atom is 0.271 e. The van der Waals surface area contributed by atoms with Crippen LogP contribution in [0.25, 0.3) is 0 Å². The second-order valence-electron chi connectivity index (χ2n) is 8.90. The van der Waals surface area contributed by atoms with Crippen LogP contribution in [-0.2, 0) is 11.3 Å². The lowest BCUT2D eigenvalue weighted by Crippen LogP contribution is -2.34. The van der Waals surface area contributed by atoms with E-state index in [9.17, 15) is 19.7 Å². The van der Waals surface area contributed by atoms with Gasteiger partial charge >= 0.3 is 0 Å². The quantitative estimate of drug-likeness (QED) is 0.159. The summed E-state index contributed by atoms with van der Waals surface area (Å²) in [6.07, 6.45) is 1.70. The van der Waals surface area contributed by atoms with Crippen molar-refractivity contribution in [3.63, 3.8) is 0 Å². The Labute approximate surface area is 219 Å². The van der Waals surface area contributed by atoms with Crippen molar-refractivity contribution in [1.82, 2.24) is 20.1 Å². The first-order valence-electron chi connectivity index (χ1n) is 11.7. The van der Waals surface area contributed by atoms with Crippen LogP contribution in [0.2, 0.25) is 0 Å². The standard InChI is InChI=1S/C26H30N6O4S/c1-6-12-31-24(23(16(2)3)28-25(34)19-9-7-8-17(4)13-19)29-30-26(31)37-15-22(33)27-21-14-20(32(35)36)11-10-18(21)5/h6-11,13-14,16,23H,1,12,15H2,2-5H3,(H,27,33)(H,28,34)/t23-/m1/s1. The lowest BCUT2D eigenvalue weighted by atomic mass is 10.0. The minimum atomic E-state index is -0.508. The maximum absolute atomic E-state index is 13.0. The van der Waals surface area contributed by atoms with E-state index in [-0.39, 0.29) is 29.2 Å². The molecule has 0 saturated heterocycles. The lowest BCUT2D eigenvalue weighted by Gasteiger charge is -2.22. The van der Waals surface area contributed by atoms with Crippen molar-refractivity contribution >= 4 is 35.0 Å². The fourth-order valence-electron chi connectivity index (χ4n) is 3.65. The lowest BCUT2D eigenvalue weighted by molar-refractivity contribution is -0.384. The molecule has 0 saturated carbocycles. The fraction of sp³-hybridized carbons (Fsp3) is 0.308. The van der Waals surface area contributed by atoms with Crippen molar-refractivity contribution in [2.75, 3.05) is 11.1 Å². The van der Waals surface area contributed by atoms with E-state index in [1.54, 1.807) is 25.1 Å². The zero-order valence-corrected chi connectivity index (χ0v) is 22.0. The first-order chi connectivity index (χ1) is 17.6. The van der Waals surface area contributed by atoms with Gasteiger partial charge in [0.2, 0.25) is 5.91 Å². The molecule has 0 radical (unpaired) electrons. The number of nitrogens with one attached hydrogen (secondary N) is 2. The number of aromatic nitrogens is 3. The Hall–Kier alpha value is -3.99. The van der Waals surface area contributed by atoms with Crippen molar-refractivity contribution in [2.24, 2.45) is 5.92 Å². The summed E-state index contributed by atoms with van der Waals surface area (Å²) in [6.45, 7) is 11.9. The first kappa shape index (κ1) is 27.6. The largest absolute Gasteiger partial charge is 0.342 e. The van der Waals surface area contributed by atoms with E-state index in [2.05, 4.69) is 27.4 Å². The Balaban J connectivity index is 1.76. The molecule has 0 aliphatic rings. The molecule has 0 spiro atoms. The highest BCUT2D eigenvalue weighted by molar-refractivity contribution is 7.99. The Bertz CT molecular complexity index is 1320. The molecule has 1 heterocycles. The number of rotatable bonds is 11. The Kier molecular flexibility index (Phi) is 9.18. The smallest absolute Gasteiger partial charge is 0.271 e. The summed E-state index contributed by atoms with van der Waals surface area (Å²) in [4.78, 5) is 36.1. The molecule has 2 amide bonds. The van der Waals surface area contributed by atoms with Gasteiger partial charge in [-0.1, -0.05) is 55.4 Å². The van der Waals surface area contributed by atoms with Crippen molar-refractivity contribution in [2.45, 2.75) is 45.4 Å². The zero-order valence-electron chi connectivity index (χ0n) is 21.2. The van der Waals surface area contributed by atoms with E-state index >= 15 is 0 Å². The topological polar surface area (TPSA) is 132 Å². The van der Waals surface area contributed by atoms with E-state index in [1.165, 1.54) is 23.9 Å². The van der Waals surface area contributed by atoms with Crippen LogP contribution in [0.15, 0.2) is 60.3 Å². The van der Waals surface area contributed by atoms with Crippen LogP contribution < -0.4 is 10.6 Å². The van der Waals surface area contributed by atoms with Gasteiger partial charge in [0.25, 0.3) is 11.6 Å². The third kappa shape index (κ3) is 7.04. The number of nitro benzene ring substituents is 1. The molecule has 1 aromatic heterocycles. The molecule has 0 bridgehead atoms. The molecular formula is C26H30N6O4S. The van der Waals surface area contributed by atoms with Crippen LogP contribution in [0.1, 0.15) is 47.2 Å². The molecule has 10 nitrogen and oxygen atoms in total. The number of allylic oxidation sites excluding steroid dienone is 1. The van der Waals surface area contributed by atoms with E-state index in [4.69, 9.17) is 0 Å². The molecule has 0 fully saturated rings. The van der Waals surface area contributed by atoms with E-state index < -0.39 is 11.0 Å². The van der Waals surface area contributed by atoms with Crippen molar-refractivity contribution in [3.05, 3.63) is 87.7 Å². The van der Waals surface area contributed by atoms with Crippen LogP contribution >= 0.6 is 11.8 Å². The molecule has 3 aromatic rings. The van der Waals surface area contributed by atoms with Gasteiger partial charge in [0.1, 0.15) is 0 Å². The second kappa shape index (κ2) is 12.3.